The van der Waals surface area contributed by atoms with E-state index in [9.17, 15) is 0 Å². The Kier molecular flexibility index (Phi) is 2.87. The van der Waals surface area contributed by atoms with Gasteiger partial charge in [-0.1, -0.05) is 24.4 Å². The summed E-state index contributed by atoms with van der Waals surface area (Å²) in [5.41, 5.74) is 2.91. The summed E-state index contributed by atoms with van der Waals surface area (Å²) in [6, 6.07) is 8.72. The zero-order valence-electron chi connectivity index (χ0n) is 8.06. The van der Waals surface area contributed by atoms with Gasteiger partial charge in [0.15, 0.2) is 0 Å². The zero-order valence-corrected chi connectivity index (χ0v) is 9.45. The van der Waals surface area contributed by atoms with E-state index in [0.717, 1.165) is 13.1 Å². The normalized spacial score (nSPS) is 23.7. The Hall–Kier alpha value is -0.436. The summed E-state index contributed by atoms with van der Waals surface area (Å²) in [6.07, 6.45) is 2.88. The number of benzene rings is 1. The first-order valence-electron chi connectivity index (χ1n) is 4.96. The van der Waals surface area contributed by atoms with Crippen LogP contribution in [-0.4, -0.2) is 19.3 Å². The summed E-state index contributed by atoms with van der Waals surface area (Å²) in [5.74, 6) is 0. The van der Waals surface area contributed by atoms with E-state index < -0.39 is 0 Å². The predicted molar refractivity (Wildman–Crippen MR) is 54.1 cm³/mol. The van der Waals surface area contributed by atoms with Gasteiger partial charge in [-0.05, 0) is 31.0 Å². The number of nitrogens with zero attached hydrogens (tertiary/aromatic N) is 2. The molecule has 0 aromatic heterocycles. The van der Waals surface area contributed by atoms with Gasteiger partial charge < -0.3 is 10.2 Å². The van der Waals surface area contributed by atoms with Crippen molar-refractivity contribution in [2.24, 2.45) is 0 Å². The van der Waals surface area contributed by atoms with Crippen molar-refractivity contribution < 1.29 is 18.6 Å². The van der Waals surface area contributed by atoms with Crippen LogP contribution in [0.5, 0.6) is 0 Å². The summed E-state index contributed by atoms with van der Waals surface area (Å²) in [7, 11) is 0. The minimum absolute atomic E-state index is 0. The molecular formula is C11H13N2V-. The number of hydrogen-bond donors (Lipinski definition) is 0. The molecule has 3 rings (SSSR count). The van der Waals surface area contributed by atoms with E-state index in [1.54, 1.807) is 0 Å². The van der Waals surface area contributed by atoms with Gasteiger partial charge in [0.2, 0.25) is 0 Å². The van der Waals surface area contributed by atoms with Gasteiger partial charge in [0.25, 0.3) is 0 Å². The second kappa shape index (κ2) is 3.97. The molecule has 1 aromatic rings. The van der Waals surface area contributed by atoms with Crippen LogP contribution in [0, 0.1) is 0 Å². The van der Waals surface area contributed by atoms with Crippen LogP contribution in [-0.2, 0) is 25.0 Å². The molecule has 14 heavy (non-hydrogen) atoms. The summed E-state index contributed by atoms with van der Waals surface area (Å²) in [6.45, 7) is 2.13. The molecule has 1 radical (unpaired) electrons. The number of anilines is 1. The summed E-state index contributed by atoms with van der Waals surface area (Å²) < 4.78 is 0. The van der Waals surface area contributed by atoms with Gasteiger partial charge in [0, 0.05) is 24.2 Å². The SMILES string of the molecule is [V].c1ccc2c(c1)CCC1[N-]CCN21. The molecule has 0 amide bonds. The van der Waals surface area contributed by atoms with Gasteiger partial charge in [-0.2, -0.15) is 0 Å². The Morgan fingerprint density at radius 1 is 1.29 bits per heavy atom. The first-order chi connectivity index (χ1) is 6.45. The van der Waals surface area contributed by atoms with Crippen molar-refractivity contribution in [2.75, 3.05) is 18.0 Å². The molecular weight excluding hydrogens is 211 g/mol. The molecule has 0 spiro atoms. The van der Waals surface area contributed by atoms with Gasteiger partial charge >= 0.3 is 0 Å². The number of rotatable bonds is 0. The molecule has 3 heteroatoms. The van der Waals surface area contributed by atoms with E-state index in [0.29, 0.717) is 6.17 Å². The summed E-state index contributed by atoms with van der Waals surface area (Å²) in [5, 5.41) is 4.58. The Labute approximate surface area is 96.6 Å². The van der Waals surface area contributed by atoms with E-state index in [4.69, 9.17) is 0 Å². The Morgan fingerprint density at radius 2 is 2.14 bits per heavy atom. The van der Waals surface area contributed by atoms with Crippen LogP contribution >= 0.6 is 0 Å². The third kappa shape index (κ3) is 1.48. The maximum atomic E-state index is 4.58. The first kappa shape index (κ1) is 10.1. The molecule has 0 aliphatic carbocycles. The van der Waals surface area contributed by atoms with Crippen molar-refractivity contribution >= 4 is 5.69 Å². The number of para-hydroxylation sites is 1. The van der Waals surface area contributed by atoms with Gasteiger partial charge in [-0.25, -0.2) is 0 Å². The smallest absolute Gasteiger partial charge is 0.0384 e. The zero-order chi connectivity index (χ0) is 8.67. The van der Waals surface area contributed by atoms with Gasteiger partial charge in [0.05, 0.1) is 0 Å². The second-order valence-corrected chi connectivity index (χ2v) is 3.75. The van der Waals surface area contributed by atoms with Crippen LogP contribution < -0.4 is 4.90 Å². The molecule has 0 N–H and O–H groups in total. The third-order valence-electron chi connectivity index (χ3n) is 3.01. The molecule has 0 bridgehead atoms. The van der Waals surface area contributed by atoms with E-state index in [2.05, 4.69) is 34.5 Å². The monoisotopic (exact) mass is 224 g/mol. The predicted octanol–water partition coefficient (Wildman–Crippen LogP) is 2.15. The van der Waals surface area contributed by atoms with E-state index in [1.807, 2.05) is 0 Å². The first-order valence-corrected chi connectivity index (χ1v) is 4.96. The minimum atomic E-state index is 0. The van der Waals surface area contributed by atoms with Gasteiger partial charge in [0.1, 0.15) is 0 Å². The van der Waals surface area contributed by atoms with Gasteiger partial charge in [-0.15, -0.1) is 6.54 Å². The fraction of sp³-hybridized carbons (Fsp3) is 0.455. The van der Waals surface area contributed by atoms with Crippen molar-refractivity contribution in [1.82, 2.24) is 0 Å². The molecule has 2 nitrogen and oxygen atoms in total. The average molecular weight is 224 g/mol. The molecule has 1 saturated heterocycles. The van der Waals surface area contributed by atoms with Crippen molar-refractivity contribution in [2.45, 2.75) is 19.0 Å². The maximum Gasteiger partial charge on any atom is 0.0384 e. The van der Waals surface area contributed by atoms with Crippen LogP contribution in [0.15, 0.2) is 24.3 Å². The van der Waals surface area contributed by atoms with Crippen molar-refractivity contribution in [3.05, 3.63) is 35.1 Å². The standard InChI is InChI=1S/C11H13N2.V/c1-2-4-10-9(3-1)5-6-11-12-7-8-13(10)11;/h1-4,11H,5-8H2;/q-1;. The van der Waals surface area contributed by atoms with Gasteiger partial charge in [-0.3, -0.25) is 0 Å². The number of fused-ring (bicyclic) bond motifs is 3. The fourth-order valence-electron chi connectivity index (χ4n) is 2.38. The molecule has 2 heterocycles. The molecule has 1 unspecified atom stereocenters. The van der Waals surface area contributed by atoms with Crippen LogP contribution in [0.25, 0.3) is 5.32 Å². The number of aryl methyl sites for hydroxylation is 1. The van der Waals surface area contributed by atoms with E-state index in [-0.39, 0.29) is 18.6 Å². The quantitative estimate of drug-likeness (QED) is 0.660. The van der Waals surface area contributed by atoms with Crippen LogP contribution in [0.1, 0.15) is 12.0 Å². The Balaban J connectivity index is 0.000000750. The van der Waals surface area contributed by atoms with E-state index >= 15 is 0 Å². The molecule has 2 aliphatic rings. The third-order valence-corrected chi connectivity index (χ3v) is 3.01. The molecule has 1 fully saturated rings. The van der Waals surface area contributed by atoms with Crippen LogP contribution in [0.4, 0.5) is 5.69 Å². The topological polar surface area (TPSA) is 17.3 Å². The largest absolute Gasteiger partial charge is 0.641 e. The minimum Gasteiger partial charge on any atom is -0.641 e. The molecule has 1 atom stereocenters. The molecule has 0 saturated carbocycles. The number of hydrogen-bond acceptors (Lipinski definition) is 1. The maximum absolute atomic E-state index is 4.58. The summed E-state index contributed by atoms with van der Waals surface area (Å²) in [4.78, 5) is 2.44. The second-order valence-electron chi connectivity index (χ2n) is 3.75. The fourth-order valence-corrected chi connectivity index (χ4v) is 2.38. The Morgan fingerprint density at radius 3 is 3.07 bits per heavy atom. The van der Waals surface area contributed by atoms with Crippen molar-refractivity contribution in [3.63, 3.8) is 0 Å². The van der Waals surface area contributed by atoms with Crippen LogP contribution in [0.3, 0.4) is 0 Å². The molecule has 1 aromatic carbocycles. The molecule has 2 aliphatic heterocycles. The van der Waals surface area contributed by atoms with E-state index in [1.165, 1.54) is 24.1 Å². The van der Waals surface area contributed by atoms with Crippen molar-refractivity contribution in [1.29, 1.82) is 0 Å². The van der Waals surface area contributed by atoms with Crippen molar-refractivity contribution in [3.8, 4) is 0 Å². The Bertz CT molecular complexity index is 327. The van der Waals surface area contributed by atoms with Crippen LogP contribution in [0.2, 0.25) is 0 Å². The summed E-state index contributed by atoms with van der Waals surface area (Å²) >= 11 is 0. The molecule has 73 valence electrons. The average Bonchev–Trinajstić information content (AvgIpc) is 2.65.